The molecule has 2 aromatic rings. The zero-order chi connectivity index (χ0) is 21.7. The maximum atomic E-state index is 12.7. The first kappa shape index (κ1) is 24.7. The van der Waals surface area contributed by atoms with Crippen molar-refractivity contribution in [3.63, 3.8) is 0 Å². The number of aliphatic hydroxyl groups is 1. The van der Waals surface area contributed by atoms with Crippen molar-refractivity contribution in [2.45, 2.75) is 45.7 Å². The molecule has 0 spiro atoms. The molecule has 1 N–H and O–H groups in total. The molecule has 7 heteroatoms. The van der Waals surface area contributed by atoms with Crippen LogP contribution in [-0.2, 0) is 36.3 Å². The van der Waals surface area contributed by atoms with Crippen LogP contribution in [0.5, 0.6) is 0 Å². The van der Waals surface area contributed by atoms with Gasteiger partial charge in [0, 0.05) is 0 Å². The van der Waals surface area contributed by atoms with E-state index in [9.17, 15) is 9.67 Å². The predicted molar refractivity (Wildman–Crippen MR) is 117 cm³/mol. The quantitative estimate of drug-likeness (QED) is 0.404. The number of rotatable bonds is 15. The van der Waals surface area contributed by atoms with E-state index in [0.29, 0.717) is 26.4 Å². The van der Waals surface area contributed by atoms with Gasteiger partial charge in [-0.1, -0.05) is 60.7 Å². The molecule has 0 fully saturated rings. The van der Waals surface area contributed by atoms with E-state index >= 15 is 0 Å². The molecule has 2 atom stereocenters. The Morgan fingerprint density at radius 2 is 1.40 bits per heavy atom. The minimum absolute atomic E-state index is 0.125. The van der Waals surface area contributed by atoms with Crippen molar-refractivity contribution >= 4 is 7.60 Å². The third-order valence-electron chi connectivity index (χ3n) is 4.48. The molecular weight excluding hydrogens is 403 g/mol. The van der Waals surface area contributed by atoms with Gasteiger partial charge < -0.3 is 23.6 Å². The Bertz CT molecular complexity index is 730. The van der Waals surface area contributed by atoms with Crippen LogP contribution in [-0.4, -0.2) is 43.3 Å². The molecule has 30 heavy (non-hydrogen) atoms. The summed E-state index contributed by atoms with van der Waals surface area (Å²) in [4.78, 5) is 0. The highest BCUT2D eigenvalue weighted by Gasteiger charge is 2.28. The number of benzene rings is 2. The van der Waals surface area contributed by atoms with Crippen LogP contribution in [0.2, 0.25) is 0 Å². The maximum absolute atomic E-state index is 12.7. The van der Waals surface area contributed by atoms with Crippen molar-refractivity contribution in [2.24, 2.45) is 0 Å². The molecule has 0 saturated carbocycles. The van der Waals surface area contributed by atoms with Crippen LogP contribution < -0.4 is 0 Å². The number of aliphatic hydroxyl groups excluding tert-OH is 1. The molecule has 0 amide bonds. The van der Waals surface area contributed by atoms with Crippen molar-refractivity contribution in [2.75, 3.05) is 26.0 Å². The van der Waals surface area contributed by atoms with Crippen LogP contribution >= 0.6 is 7.60 Å². The summed E-state index contributed by atoms with van der Waals surface area (Å²) in [5.74, 6) is 0. The fraction of sp³-hybridized carbons (Fsp3) is 0.478. The van der Waals surface area contributed by atoms with Crippen LogP contribution in [0.25, 0.3) is 0 Å². The van der Waals surface area contributed by atoms with Gasteiger partial charge in [0.2, 0.25) is 0 Å². The lowest BCUT2D eigenvalue weighted by molar-refractivity contribution is -0.0898. The van der Waals surface area contributed by atoms with E-state index in [1.807, 2.05) is 60.7 Å². The van der Waals surface area contributed by atoms with Crippen LogP contribution in [0.15, 0.2) is 60.7 Å². The Labute approximate surface area is 179 Å². The molecule has 0 heterocycles. The summed E-state index contributed by atoms with van der Waals surface area (Å²) in [5.41, 5.74) is 2.05. The van der Waals surface area contributed by atoms with Gasteiger partial charge in [-0.25, -0.2) is 0 Å². The van der Waals surface area contributed by atoms with E-state index in [1.54, 1.807) is 13.8 Å². The third kappa shape index (κ3) is 9.09. The SMILES string of the molecule is CCOP(=O)(CC[C@H](O)[C@H](COCc1ccccc1)OCc1ccccc1)OCC. The average Bonchev–Trinajstić information content (AvgIpc) is 2.76. The van der Waals surface area contributed by atoms with E-state index in [0.717, 1.165) is 11.1 Å². The first-order valence-corrected chi connectivity index (χ1v) is 12.1. The first-order valence-electron chi connectivity index (χ1n) is 10.4. The van der Waals surface area contributed by atoms with E-state index in [-0.39, 0.29) is 19.2 Å². The summed E-state index contributed by atoms with van der Waals surface area (Å²) in [7, 11) is -3.22. The highest BCUT2D eigenvalue weighted by atomic mass is 31.2. The van der Waals surface area contributed by atoms with Gasteiger partial charge >= 0.3 is 7.60 Å². The molecule has 2 rings (SSSR count). The topological polar surface area (TPSA) is 74.2 Å². The number of ether oxygens (including phenoxy) is 2. The third-order valence-corrected chi connectivity index (χ3v) is 6.59. The van der Waals surface area contributed by atoms with Crippen molar-refractivity contribution < 1.29 is 28.2 Å². The van der Waals surface area contributed by atoms with Gasteiger partial charge in [-0.3, -0.25) is 4.57 Å². The van der Waals surface area contributed by atoms with E-state index in [1.165, 1.54) is 0 Å². The summed E-state index contributed by atoms with van der Waals surface area (Å²) < 4.78 is 35.1. The summed E-state index contributed by atoms with van der Waals surface area (Å²) in [5, 5.41) is 10.7. The van der Waals surface area contributed by atoms with Crippen molar-refractivity contribution in [3.05, 3.63) is 71.8 Å². The summed E-state index contributed by atoms with van der Waals surface area (Å²) >= 11 is 0. The van der Waals surface area contributed by atoms with Gasteiger partial charge in [0.15, 0.2) is 0 Å². The van der Waals surface area contributed by atoms with E-state index < -0.39 is 19.8 Å². The van der Waals surface area contributed by atoms with Crippen molar-refractivity contribution in [1.29, 1.82) is 0 Å². The van der Waals surface area contributed by atoms with Gasteiger partial charge in [-0.05, 0) is 31.4 Å². The fourth-order valence-electron chi connectivity index (χ4n) is 2.95. The second-order valence-corrected chi connectivity index (χ2v) is 9.05. The molecule has 0 saturated heterocycles. The lowest BCUT2D eigenvalue weighted by atomic mass is 10.1. The van der Waals surface area contributed by atoms with Gasteiger partial charge in [0.1, 0.15) is 6.10 Å². The van der Waals surface area contributed by atoms with Crippen molar-refractivity contribution in [1.82, 2.24) is 0 Å². The van der Waals surface area contributed by atoms with Crippen LogP contribution in [0.4, 0.5) is 0 Å². The molecule has 0 aromatic heterocycles. The molecule has 0 bridgehead atoms. The smallest absolute Gasteiger partial charge is 0.330 e. The minimum Gasteiger partial charge on any atom is -0.390 e. The highest BCUT2D eigenvalue weighted by molar-refractivity contribution is 7.53. The first-order chi connectivity index (χ1) is 14.6. The molecular formula is C23H33O6P. The molecule has 6 nitrogen and oxygen atoms in total. The van der Waals surface area contributed by atoms with Crippen LogP contribution in [0.3, 0.4) is 0 Å². The lowest BCUT2D eigenvalue weighted by Gasteiger charge is -2.25. The van der Waals surface area contributed by atoms with E-state index in [4.69, 9.17) is 18.5 Å². The van der Waals surface area contributed by atoms with Crippen LogP contribution in [0, 0.1) is 0 Å². The fourth-order valence-corrected chi connectivity index (χ4v) is 4.65. The van der Waals surface area contributed by atoms with E-state index in [2.05, 4.69) is 0 Å². The van der Waals surface area contributed by atoms with Gasteiger partial charge in [0.25, 0.3) is 0 Å². The Balaban J connectivity index is 1.94. The molecule has 0 aliphatic carbocycles. The molecule has 0 aliphatic heterocycles. The predicted octanol–water partition coefficient (Wildman–Crippen LogP) is 4.81. The Hall–Kier alpha value is -1.53. The van der Waals surface area contributed by atoms with Gasteiger partial charge in [-0.2, -0.15) is 0 Å². The number of hydrogen-bond acceptors (Lipinski definition) is 6. The minimum atomic E-state index is -3.22. The molecule has 166 valence electrons. The Kier molecular flexibility index (Phi) is 11.3. The zero-order valence-electron chi connectivity index (χ0n) is 17.8. The largest absolute Gasteiger partial charge is 0.390 e. The molecule has 0 radical (unpaired) electrons. The Morgan fingerprint density at radius 3 is 1.93 bits per heavy atom. The normalized spacial score (nSPS) is 13.8. The Morgan fingerprint density at radius 1 is 0.867 bits per heavy atom. The summed E-state index contributed by atoms with van der Waals surface area (Å²) in [6, 6.07) is 19.6. The molecule has 0 unspecified atom stereocenters. The van der Waals surface area contributed by atoms with Crippen LogP contribution in [0.1, 0.15) is 31.4 Å². The summed E-state index contributed by atoms with van der Waals surface area (Å²) in [6.07, 6.45) is -1.07. The lowest BCUT2D eigenvalue weighted by Crippen LogP contribution is -2.34. The zero-order valence-corrected chi connectivity index (χ0v) is 18.7. The van der Waals surface area contributed by atoms with Crippen molar-refractivity contribution in [3.8, 4) is 0 Å². The summed E-state index contributed by atoms with van der Waals surface area (Å²) in [6.45, 7) is 5.12. The number of hydrogen-bond donors (Lipinski definition) is 1. The highest BCUT2D eigenvalue weighted by Crippen LogP contribution is 2.48. The molecule has 0 aliphatic rings. The average molecular weight is 436 g/mol. The monoisotopic (exact) mass is 436 g/mol. The van der Waals surface area contributed by atoms with Gasteiger partial charge in [0.05, 0.1) is 45.3 Å². The maximum Gasteiger partial charge on any atom is 0.330 e. The second-order valence-electron chi connectivity index (χ2n) is 6.86. The molecule has 2 aromatic carbocycles. The van der Waals surface area contributed by atoms with Gasteiger partial charge in [-0.15, -0.1) is 0 Å². The second kappa shape index (κ2) is 13.7. The standard InChI is InChI=1S/C23H33O6P/c1-3-28-30(25,29-4-2)16-15-22(24)23(27-18-21-13-9-6-10-14-21)19-26-17-20-11-7-5-8-12-20/h5-14,22-24H,3-4,15-19H2,1-2H3/t22-,23-/m0/s1.